The Balaban J connectivity index is 1.79. The van der Waals surface area contributed by atoms with E-state index in [1.165, 1.54) is 50.5 Å². The highest BCUT2D eigenvalue weighted by Crippen LogP contribution is 2.60. The summed E-state index contributed by atoms with van der Waals surface area (Å²) in [7, 11) is 0. The zero-order chi connectivity index (χ0) is 12.2. The summed E-state index contributed by atoms with van der Waals surface area (Å²) < 4.78 is 0. The molecule has 1 nitrogen and oxygen atoms in total. The fourth-order valence-electron chi connectivity index (χ4n) is 5.65. The average Bonchev–Trinajstić information content (AvgIpc) is 2.83. The molecule has 1 N–H and O–H groups in total. The summed E-state index contributed by atoms with van der Waals surface area (Å²) in [6, 6.07) is 0. The Morgan fingerprint density at radius 1 is 1.06 bits per heavy atom. The minimum absolute atomic E-state index is 0.423. The zero-order valence-electron chi connectivity index (χ0n) is 11.1. The number of allylic oxidation sites excluding steroid dienone is 3. The summed E-state index contributed by atoms with van der Waals surface area (Å²) in [5.74, 6) is 2.94. The molecule has 0 aromatic heterocycles. The van der Waals surface area contributed by atoms with E-state index in [9.17, 15) is 5.11 Å². The molecule has 0 amide bonds. The van der Waals surface area contributed by atoms with Gasteiger partial charge in [-0.2, -0.15) is 0 Å². The van der Waals surface area contributed by atoms with E-state index in [1.54, 1.807) is 0 Å². The summed E-state index contributed by atoms with van der Waals surface area (Å²) in [4.78, 5) is 0. The van der Waals surface area contributed by atoms with E-state index < -0.39 is 5.60 Å². The smallest absolute Gasteiger partial charge is 0.0893 e. The van der Waals surface area contributed by atoms with Gasteiger partial charge in [0.1, 0.15) is 0 Å². The molecule has 3 saturated carbocycles. The lowest BCUT2D eigenvalue weighted by molar-refractivity contribution is -0.0626. The Bertz CT molecular complexity index is 408. The van der Waals surface area contributed by atoms with Crippen LogP contribution in [0.2, 0.25) is 0 Å². The van der Waals surface area contributed by atoms with E-state index in [2.05, 4.69) is 18.2 Å². The number of hydrogen-bond acceptors (Lipinski definition) is 1. The lowest BCUT2D eigenvalue weighted by atomic mass is 9.53. The van der Waals surface area contributed by atoms with E-state index >= 15 is 0 Å². The van der Waals surface area contributed by atoms with Crippen LogP contribution in [0.4, 0.5) is 0 Å². The highest BCUT2D eigenvalue weighted by molar-refractivity contribution is 5.35. The Hall–Kier alpha value is -0.560. The molecular weight excluding hydrogens is 220 g/mol. The van der Waals surface area contributed by atoms with E-state index in [1.807, 2.05) is 0 Å². The van der Waals surface area contributed by atoms with Crippen LogP contribution in [0.5, 0.6) is 0 Å². The van der Waals surface area contributed by atoms with Crippen molar-refractivity contribution in [3.8, 4) is 0 Å². The van der Waals surface area contributed by atoms with E-state index in [0.29, 0.717) is 11.8 Å². The molecular formula is C17H24O. The SMILES string of the molecule is OC12CCCC1C1CCCCC1C1CC=CC=C12. The van der Waals surface area contributed by atoms with Crippen molar-refractivity contribution in [1.29, 1.82) is 0 Å². The summed E-state index contributed by atoms with van der Waals surface area (Å²) in [5.41, 5.74) is 0.990. The van der Waals surface area contributed by atoms with Gasteiger partial charge in [-0.3, -0.25) is 0 Å². The second-order valence-corrected chi connectivity index (χ2v) is 6.93. The molecule has 4 aliphatic rings. The van der Waals surface area contributed by atoms with Gasteiger partial charge >= 0.3 is 0 Å². The van der Waals surface area contributed by atoms with Gasteiger partial charge in [0, 0.05) is 0 Å². The molecule has 0 aromatic rings. The Kier molecular flexibility index (Phi) is 2.49. The summed E-state index contributed by atoms with van der Waals surface area (Å²) in [6.07, 6.45) is 17.1. The number of rotatable bonds is 0. The molecule has 4 aliphatic carbocycles. The van der Waals surface area contributed by atoms with Gasteiger partial charge in [0.25, 0.3) is 0 Å². The van der Waals surface area contributed by atoms with Gasteiger partial charge in [0.2, 0.25) is 0 Å². The molecule has 0 spiro atoms. The minimum Gasteiger partial charge on any atom is -0.385 e. The fourth-order valence-corrected chi connectivity index (χ4v) is 5.65. The molecule has 5 atom stereocenters. The quantitative estimate of drug-likeness (QED) is 0.686. The summed E-state index contributed by atoms with van der Waals surface area (Å²) in [6.45, 7) is 0. The van der Waals surface area contributed by atoms with Crippen molar-refractivity contribution in [3.63, 3.8) is 0 Å². The Labute approximate surface area is 110 Å². The lowest BCUT2D eigenvalue weighted by Crippen LogP contribution is -2.52. The second kappa shape index (κ2) is 3.96. The first-order valence-electron chi connectivity index (χ1n) is 7.90. The number of aliphatic hydroxyl groups is 1. The van der Waals surface area contributed by atoms with Gasteiger partial charge < -0.3 is 5.11 Å². The third-order valence-corrected chi connectivity index (χ3v) is 6.30. The average molecular weight is 244 g/mol. The Morgan fingerprint density at radius 3 is 2.78 bits per heavy atom. The molecule has 4 rings (SSSR count). The molecule has 98 valence electrons. The monoisotopic (exact) mass is 244 g/mol. The van der Waals surface area contributed by atoms with Gasteiger partial charge in [-0.1, -0.05) is 31.1 Å². The normalized spacial score (nSPS) is 50.2. The maximum Gasteiger partial charge on any atom is 0.0893 e. The molecule has 0 bridgehead atoms. The van der Waals surface area contributed by atoms with Crippen LogP contribution < -0.4 is 0 Å². The van der Waals surface area contributed by atoms with Crippen molar-refractivity contribution < 1.29 is 5.11 Å². The van der Waals surface area contributed by atoms with Crippen LogP contribution in [0.1, 0.15) is 51.4 Å². The first-order chi connectivity index (χ1) is 8.81. The number of hydrogen-bond donors (Lipinski definition) is 1. The summed E-state index contributed by atoms with van der Waals surface area (Å²) in [5, 5.41) is 11.2. The number of fused-ring (bicyclic) bond motifs is 6. The maximum absolute atomic E-state index is 11.2. The van der Waals surface area contributed by atoms with Crippen molar-refractivity contribution in [1.82, 2.24) is 0 Å². The molecule has 18 heavy (non-hydrogen) atoms. The van der Waals surface area contributed by atoms with E-state index in [4.69, 9.17) is 0 Å². The van der Waals surface area contributed by atoms with Crippen molar-refractivity contribution >= 4 is 0 Å². The van der Waals surface area contributed by atoms with Crippen LogP contribution in [0.25, 0.3) is 0 Å². The molecule has 0 radical (unpaired) electrons. The predicted octanol–water partition coefficient (Wildman–Crippen LogP) is 3.84. The molecule has 0 saturated heterocycles. The molecule has 0 aliphatic heterocycles. The maximum atomic E-state index is 11.2. The van der Waals surface area contributed by atoms with Crippen LogP contribution in [0.3, 0.4) is 0 Å². The van der Waals surface area contributed by atoms with Crippen molar-refractivity contribution in [3.05, 3.63) is 23.8 Å². The van der Waals surface area contributed by atoms with Crippen LogP contribution >= 0.6 is 0 Å². The molecule has 3 fully saturated rings. The van der Waals surface area contributed by atoms with Gasteiger partial charge in [-0.25, -0.2) is 0 Å². The predicted molar refractivity (Wildman–Crippen MR) is 73.1 cm³/mol. The topological polar surface area (TPSA) is 20.2 Å². The molecule has 1 heteroatoms. The van der Waals surface area contributed by atoms with Gasteiger partial charge in [0.15, 0.2) is 0 Å². The third-order valence-electron chi connectivity index (χ3n) is 6.30. The fraction of sp³-hybridized carbons (Fsp3) is 0.765. The zero-order valence-corrected chi connectivity index (χ0v) is 11.1. The lowest BCUT2D eigenvalue weighted by Gasteiger charge is -2.53. The largest absolute Gasteiger partial charge is 0.385 e. The van der Waals surface area contributed by atoms with E-state index in [-0.39, 0.29) is 0 Å². The molecule has 5 unspecified atom stereocenters. The first kappa shape index (κ1) is 11.3. The highest BCUT2D eigenvalue weighted by atomic mass is 16.3. The van der Waals surface area contributed by atoms with Crippen LogP contribution in [-0.2, 0) is 0 Å². The van der Waals surface area contributed by atoms with Gasteiger partial charge in [-0.15, -0.1) is 0 Å². The van der Waals surface area contributed by atoms with Crippen molar-refractivity contribution in [2.45, 2.75) is 57.0 Å². The highest BCUT2D eigenvalue weighted by Gasteiger charge is 2.56. The summed E-state index contributed by atoms with van der Waals surface area (Å²) >= 11 is 0. The second-order valence-electron chi connectivity index (χ2n) is 6.93. The first-order valence-corrected chi connectivity index (χ1v) is 7.90. The van der Waals surface area contributed by atoms with Crippen LogP contribution in [0.15, 0.2) is 23.8 Å². The van der Waals surface area contributed by atoms with Crippen molar-refractivity contribution in [2.24, 2.45) is 23.7 Å². The van der Waals surface area contributed by atoms with Gasteiger partial charge in [-0.05, 0) is 67.8 Å². The van der Waals surface area contributed by atoms with Gasteiger partial charge in [0.05, 0.1) is 5.60 Å². The molecule has 0 heterocycles. The standard InChI is InChI=1S/C17H24O/c18-17-11-5-10-16(17)14-7-2-1-6-12(14)13-8-3-4-9-15(13)17/h3-4,9,12-14,16,18H,1-2,5-8,10-11H2. The van der Waals surface area contributed by atoms with Crippen molar-refractivity contribution in [2.75, 3.05) is 0 Å². The Morgan fingerprint density at radius 2 is 1.89 bits per heavy atom. The minimum atomic E-state index is -0.423. The molecule has 0 aromatic carbocycles. The van der Waals surface area contributed by atoms with Crippen LogP contribution in [0, 0.1) is 23.7 Å². The van der Waals surface area contributed by atoms with Crippen LogP contribution in [-0.4, -0.2) is 10.7 Å². The third kappa shape index (κ3) is 1.37. The van der Waals surface area contributed by atoms with E-state index in [0.717, 1.165) is 18.3 Å².